The van der Waals surface area contributed by atoms with E-state index in [0.717, 1.165) is 23.3 Å². The molecule has 0 amide bonds. The predicted molar refractivity (Wildman–Crippen MR) is 85.7 cm³/mol. The summed E-state index contributed by atoms with van der Waals surface area (Å²) in [6, 6.07) is 14.8. The van der Waals surface area contributed by atoms with Crippen molar-refractivity contribution in [2.75, 3.05) is 13.2 Å². The average molecular weight is 317 g/mol. The smallest absolute Gasteiger partial charge is 0.240 e. The van der Waals surface area contributed by atoms with Crippen molar-refractivity contribution in [1.82, 2.24) is 4.72 Å². The van der Waals surface area contributed by atoms with Crippen LogP contribution in [0.3, 0.4) is 0 Å². The number of ether oxygens (including phenoxy) is 1. The van der Waals surface area contributed by atoms with Gasteiger partial charge >= 0.3 is 0 Å². The van der Waals surface area contributed by atoms with Crippen LogP contribution in [0.4, 0.5) is 0 Å². The van der Waals surface area contributed by atoms with Gasteiger partial charge in [-0.2, -0.15) is 0 Å². The van der Waals surface area contributed by atoms with E-state index in [4.69, 9.17) is 4.74 Å². The van der Waals surface area contributed by atoms with Crippen molar-refractivity contribution in [3.05, 3.63) is 59.7 Å². The molecule has 1 unspecified atom stereocenters. The van der Waals surface area contributed by atoms with Crippen LogP contribution < -0.4 is 9.46 Å². The molecule has 1 aliphatic heterocycles. The number of aryl methyl sites for hydroxylation is 1. The lowest BCUT2D eigenvalue weighted by atomic mass is 10.0. The minimum atomic E-state index is -3.48. The fourth-order valence-corrected chi connectivity index (χ4v) is 3.68. The fraction of sp³-hybridized carbons (Fsp3) is 0.294. The first kappa shape index (κ1) is 15.1. The molecule has 2 aromatic carbocycles. The van der Waals surface area contributed by atoms with Gasteiger partial charge in [-0.25, -0.2) is 13.1 Å². The molecule has 0 saturated heterocycles. The second-order valence-corrected chi connectivity index (χ2v) is 7.16. The highest BCUT2D eigenvalue weighted by Gasteiger charge is 2.25. The van der Waals surface area contributed by atoms with Crippen LogP contribution in [-0.4, -0.2) is 21.6 Å². The standard InChI is InChI=1S/C17H19NO3S/c1-2-13-7-9-15(10-8-13)22(19,20)18-11-14-12-21-17-6-4-3-5-16(14)17/h3-10,14,18H,2,11-12H2,1H3. The van der Waals surface area contributed by atoms with Crippen LogP contribution in [0.5, 0.6) is 5.75 Å². The maximum absolute atomic E-state index is 12.3. The normalized spacial score (nSPS) is 17.0. The second-order valence-electron chi connectivity index (χ2n) is 5.40. The number of fused-ring (bicyclic) bond motifs is 1. The molecule has 0 bridgehead atoms. The first-order valence-corrected chi connectivity index (χ1v) is 8.89. The highest BCUT2D eigenvalue weighted by molar-refractivity contribution is 7.89. The van der Waals surface area contributed by atoms with Gasteiger partial charge in [0.2, 0.25) is 10.0 Å². The lowest BCUT2D eigenvalue weighted by molar-refractivity contribution is 0.330. The average Bonchev–Trinajstić information content (AvgIpc) is 2.96. The first-order chi connectivity index (χ1) is 10.6. The van der Waals surface area contributed by atoms with Crippen molar-refractivity contribution in [3.8, 4) is 5.75 Å². The molecule has 0 fully saturated rings. The van der Waals surface area contributed by atoms with Gasteiger partial charge in [0.05, 0.1) is 11.5 Å². The number of hydrogen-bond donors (Lipinski definition) is 1. The number of sulfonamides is 1. The van der Waals surface area contributed by atoms with E-state index in [0.29, 0.717) is 18.0 Å². The number of rotatable bonds is 5. The van der Waals surface area contributed by atoms with Crippen LogP contribution in [0.25, 0.3) is 0 Å². The number of nitrogens with one attached hydrogen (secondary N) is 1. The molecule has 1 atom stereocenters. The topological polar surface area (TPSA) is 55.4 Å². The van der Waals surface area contributed by atoms with Crippen LogP contribution >= 0.6 is 0 Å². The van der Waals surface area contributed by atoms with Crippen molar-refractivity contribution in [2.45, 2.75) is 24.2 Å². The Labute approximate surface area is 131 Å². The van der Waals surface area contributed by atoms with Crippen LogP contribution in [0, 0.1) is 0 Å². The number of hydrogen-bond acceptors (Lipinski definition) is 3. The van der Waals surface area contributed by atoms with Gasteiger partial charge in [-0.15, -0.1) is 0 Å². The van der Waals surface area contributed by atoms with Gasteiger partial charge in [0.1, 0.15) is 5.75 Å². The molecular formula is C17H19NO3S. The molecule has 116 valence electrons. The van der Waals surface area contributed by atoms with Crippen LogP contribution in [0.1, 0.15) is 24.0 Å². The summed E-state index contributed by atoms with van der Waals surface area (Å²) in [6.45, 7) is 2.89. The molecule has 22 heavy (non-hydrogen) atoms. The monoisotopic (exact) mass is 317 g/mol. The minimum absolute atomic E-state index is 0.0564. The molecule has 0 spiro atoms. The lowest BCUT2D eigenvalue weighted by Gasteiger charge is -2.11. The van der Waals surface area contributed by atoms with Gasteiger partial charge in [-0.3, -0.25) is 0 Å². The van der Waals surface area contributed by atoms with Gasteiger partial charge in [0.15, 0.2) is 0 Å². The van der Waals surface area contributed by atoms with Crippen molar-refractivity contribution >= 4 is 10.0 Å². The summed E-state index contributed by atoms with van der Waals surface area (Å²) in [7, 11) is -3.48. The molecule has 4 nitrogen and oxygen atoms in total. The van der Waals surface area contributed by atoms with E-state index in [1.807, 2.05) is 43.3 Å². The molecule has 0 radical (unpaired) electrons. The van der Waals surface area contributed by atoms with E-state index < -0.39 is 10.0 Å². The Morgan fingerprint density at radius 2 is 1.86 bits per heavy atom. The molecule has 0 aromatic heterocycles. The van der Waals surface area contributed by atoms with Gasteiger partial charge in [0, 0.05) is 18.0 Å². The van der Waals surface area contributed by atoms with Crippen LogP contribution in [-0.2, 0) is 16.4 Å². The zero-order valence-corrected chi connectivity index (χ0v) is 13.3. The molecule has 1 N–H and O–H groups in total. The number of para-hydroxylation sites is 1. The SMILES string of the molecule is CCc1ccc(S(=O)(=O)NCC2COc3ccccc32)cc1. The third-order valence-corrected chi connectivity index (χ3v) is 5.40. The van der Waals surface area contributed by atoms with E-state index in [9.17, 15) is 8.42 Å². The molecule has 1 heterocycles. The van der Waals surface area contributed by atoms with Gasteiger partial charge in [0.25, 0.3) is 0 Å². The summed E-state index contributed by atoms with van der Waals surface area (Å²) >= 11 is 0. The van der Waals surface area contributed by atoms with E-state index in [2.05, 4.69) is 4.72 Å². The maximum Gasteiger partial charge on any atom is 0.240 e. The Kier molecular flexibility index (Phi) is 4.18. The number of benzene rings is 2. The quantitative estimate of drug-likeness (QED) is 0.922. The van der Waals surface area contributed by atoms with E-state index in [1.54, 1.807) is 12.1 Å². The van der Waals surface area contributed by atoms with Crippen LogP contribution in [0.15, 0.2) is 53.4 Å². The van der Waals surface area contributed by atoms with Gasteiger partial charge in [-0.1, -0.05) is 37.3 Å². The summed E-state index contributed by atoms with van der Waals surface area (Å²) in [6.07, 6.45) is 0.893. The minimum Gasteiger partial charge on any atom is -0.493 e. The third-order valence-electron chi connectivity index (χ3n) is 3.96. The molecule has 5 heteroatoms. The molecule has 3 rings (SSSR count). The summed E-state index contributed by atoms with van der Waals surface area (Å²) < 4.78 is 33.0. The summed E-state index contributed by atoms with van der Waals surface area (Å²) in [5, 5.41) is 0. The zero-order chi connectivity index (χ0) is 15.6. The van der Waals surface area contributed by atoms with Gasteiger partial charge in [-0.05, 0) is 30.2 Å². The Hall–Kier alpha value is -1.85. The molecule has 0 aliphatic carbocycles. The summed E-state index contributed by atoms with van der Waals surface area (Å²) in [5.41, 5.74) is 2.18. The molecule has 0 saturated carbocycles. The molecule has 1 aliphatic rings. The van der Waals surface area contributed by atoms with Crippen molar-refractivity contribution in [3.63, 3.8) is 0 Å². The van der Waals surface area contributed by atoms with Crippen molar-refractivity contribution in [1.29, 1.82) is 0 Å². The van der Waals surface area contributed by atoms with E-state index in [-0.39, 0.29) is 5.92 Å². The highest BCUT2D eigenvalue weighted by atomic mass is 32.2. The van der Waals surface area contributed by atoms with E-state index in [1.165, 1.54) is 0 Å². The summed E-state index contributed by atoms with van der Waals surface area (Å²) in [4.78, 5) is 0.303. The van der Waals surface area contributed by atoms with E-state index >= 15 is 0 Å². The summed E-state index contributed by atoms with van der Waals surface area (Å²) in [5.74, 6) is 0.903. The molecule has 2 aromatic rings. The first-order valence-electron chi connectivity index (χ1n) is 7.40. The zero-order valence-electron chi connectivity index (χ0n) is 12.5. The Bertz CT molecular complexity index is 754. The molecular weight excluding hydrogens is 298 g/mol. The Balaban J connectivity index is 1.70. The Morgan fingerprint density at radius 3 is 2.59 bits per heavy atom. The van der Waals surface area contributed by atoms with Crippen molar-refractivity contribution < 1.29 is 13.2 Å². The van der Waals surface area contributed by atoms with Crippen molar-refractivity contribution in [2.24, 2.45) is 0 Å². The fourth-order valence-electron chi connectivity index (χ4n) is 2.60. The lowest BCUT2D eigenvalue weighted by Crippen LogP contribution is -2.29. The predicted octanol–water partition coefficient (Wildman–Crippen LogP) is 2.70. The highest BCUT2D eigenvalue weighted by Crippen LogP contribution is 2.33. The second kappa shape index (κ2) is 6.10. The van der Waals surface area contributed by atoms with Gasteiger partial charge < -0.3 is 4.74 Å². The maximum atomic E-state index is 12.3. The Morgan fingerprint density at radius 1 is 1.14 bits per heavy atom. The van der Waals surface area contributed by atoms with Crippen LogP contribution in [0.2, 0.25) is 0 Å². The third kappa shape index (κ3) is 3.00. The largest absolute Gasteiger partial charge is 0.493 e.